The van der Waals surface area contributed by atoms with Crippen LogP contribution in [0.4, 0.5) is 10.1 Å². The number of hydrogen-bond donors (Lipinski definition) is 2. The summed E-state index contributed by atoms with van der Waals surface area (Å²) in [5.41, 5.74) is 3.89. The van der Waals surface area contributed by atoms with Gasteiger partial charge in [0.15, 0.2) is 0 Å². The number of carbonyl (C=O) groups excluding carboxylic acids is 2. The molecule has 4 aromatic rings. The Hall–Kier alpha value is -4.08. The zero-order chi connectivity index (χ0) is 23.1. The molecule has 3 heterocycles. The lowest BCUT2D eigenvalue weighted by atomic mass is 10.1. The average molecular weight is 448 g/mol. The van der Waals surface area contributed by atoms with Crippen molar-refractivity contribution < 1.29 is 18.5 Å². The zero-order valence-corrected chi connectivity index (χ0v) is 18.0. The highest BCUT2D eigenvalue weighted by atomic mass is 19.1. The van der Waals surface area contributed by atoms with Crippen LogP contribution in [0.1, 0.15) is 46.8 Å². The van der Waals surface area contributed by atoms with E-state index in [9.17, 15) is 14.0 Å². The number of rotatable bonds is 6. The summed E-state index contributed by atoms with van der Waals surface area (Å²) in [4.78, 5) is 32.9. The number of imidazole rings is 1. The second-order valence-electron chi connectivity index (χ2n) is 8.12. The number of anilines is 1. The van der Waals surface area contributed by atoms with Gasteiger partial charge in [0.1, 0.15) is 17.5 Å². The maximum absolute atomic E-state index is 13.3. The molecule has 5 rings (SSSR count). The van der Waals surface area contributed by atoms with Gasteiger partial charge in [0, 0.05) is 30.9 Å². The van der Waals surface area contributed by atoms with Crippen molar-refractivity contribution in [1.82, 2.24) is 24.8 Å². The molecule has 1 saturated carbocycles. The Morgan fingerprint density at radius 1 is 1.27 bits per heavy atom. The Bertz CT molecular complexity index is 1380. The molecule has 9 nitrogen and oxygen atoms in total. The zero-order valence-electron chi connectivity index (χ0n) is 18.0. The molecule has 0 radical (unpaired) electrons. The van der Waals surface area contributed by atoms with Crippen molar-refractivity contribution in [1.29, 1.82) is 0 Å². The molecule has 33 heavy (non-hydrogen) atoms. The van der Waals surface area contributed by atoms with Gasteiger partial charge >= 0.3 is 0 Å². The van der Waals surface area contributed by atoms with Crippen molar-refractivity contribution in [2.24, 2.45) is 0 Å². The Morgan fingerprint density at radius 3 is 2.85 bits per heavy atom. The van der Waals surface area contributed by atoms with Crippen molar-refractivity contribution in [3.05, 3.63) is 65.4 Å². The average Bonchev–Trinajstić information content (AvgIpc) is 3.17. The minimum Gasteiger partial charge on any atom is -0.352 e. The molecule has 2 amide bonds. The van der Waals surface area contributed by atoms with Gasteiger partial charge in [-0.3, -0.25) is 14.0 Å². The number of halogens is 1. The number of pyridine rings is 1. The van der Waals surface area contributed by atoms with Gasteiger partial charge < -0.3 is 15.2 Å². The van der Waals surface area contributed by atoms with Gasteiger partial charge in [-0.25, -0.2) is 9.37 Å². The van der Waals surface area contributed by atoms with Crippen molar-refractivity contribution in [3.8, 4) is 11.4 Å². The molecule has 2 N–H and O–H groups in total. The van der Waals surface area contributed by atoms with Crippen LogP contribution in [0.2, 0.25) is 0 Å². The molecule has 0 bridgehead atoms. The molecule has 1 fully saturated rings. The van der Waals surface area contributed by atoms with Gasteiger partial charge in [0.25, 0.3) is 5.91 Å². The fraction of sp³-hybridized carbons (Fsp3) is 0.261. The predicted molar refractivity (Wildman–Crippen MR) is 117 cm³/mol. The number of amides is 2. The van der Waals surface area contributed by atoms with Gasteiger partial charge in [0.2, 0.25) is 17.6 Å². The number of nitrogens with zero attached hydrogens (tertiary/aromatic N) is 4. The van der Waals surface area contributed by atoms with Gasteiger partial charge in [-0.15, -0.1) is 0 Å². The Kier molecular flexibility index (Phi) is 5.12. The maximum Gasteiger partial charge on any atom is 0.274 e. The largest absolute Gasteiger partial charge is 0.352 e. The van der Waals surface area contributed by atoms with Gasteiger partial charge in [-0.1, -0.05) is 23.4 Å². The van der Waals surface area contributed by atoms with E-state index in [0.29, 0.717) is 47.3 Å². The summed E-state index contributed by atoms with van der Waals surface area (Å²) in [5.74, 6) is -0.154. The monoisotopic (exact) mass is 448 g/mol. The highest BCUT2D eigenvalue weighted by molar-refractivity contribution is 6.04. The van der Waals surface area contributed by atoms with Crippen LogP contribution in [-0.2, 0) is 11.3 Å². The fourth-order valence-electron chi connectivity index (χ4n) is 3.53. The minimum absolute atomic E-state index is 0.135. The summed E-state index contributed by atoms with van der Waals surface area (Å²) in [6, 6.07) is 9.06. The first-order valence-corrected chi connectivity index (χ1v) is 10.5. The van der Waals surface area contributed by atoms with Crippen LogP contribution >= 0.6 is 0 Å². The van der Waals surface area contributed by atoms with E-state index in [-0.39, 0.29) is 17.7 Å². The van der Waals surface area contributed by atoms with E-state index in [1.807, 2.05) is 25.1 Å². The summed E-state index contributed by atoms with van der Waals surface area (Å²) >= 11 is 0. The number of aryl methyl sites for hydroxylation is 1. The van der Waals surface area contributed by atoms with Crippen molar-refractivity contribution >= 4 is 23.1 Å². The van der Waals surface area contributed by atoms with Crippen LogP contribution in [0.5, 0.6) is 0 Å². The molecular formula is C23H21FN6O3. The number of alkyl halides is 1. The van der Waals surface area contributed by atoms with Gasteiger partial charge in [-0.2, -0.15) is 4.98 Å². The van der Waals surface area contributed by atoms with Crippen molar-refractivity contribution in [3.63, 3.8) is 0 Å². The third kappa shape index (κ3) is 4.19. The maximum atomic E-state index is 13.3. The number of hydrogen-bond acceptors (Lipinski definition) is 6. The summed E-state index contributed by atoms with van der Waals surface area (Å²) in [7, 11) is 0. The molecule has 1 aliphatic carbocycles. The van der Waals surface area contributed by atoms with Crippen LogP contribution in [0.15, 0.2) is 47.2 Å². The van der Waals surface area contributed by atoms with Crippen LogP contribution in [0.3, 0.4) is 0 Å². The van der Waals surface area contributed by atoms with E-state index >= 15 is 0 Å². The standard InChI is InChI=1S/C23H21FN6O3/c1-12-3-5-15(21-28-23(33-29-21)16-8-17(16)24)7-18(12)27-22(32)19-10-26-20-6-4-14(11-30(19)20)9-25-13(2)31/h3-7,10-11,16-17H,8-9H2,1-2H3,(H,25,31)(H,27,32)/t16-,17-/m0/s1. The van der Waals surface area contributed by atoms with Crippen LogP contribution < -0.4 is 10.6 Å². The van der Waals surface area contributed by atoms with Crippen molar-refractivity contribution in [2.45, 2.75) is 38.9 Å². The highest BCUT2D eigenvalue weighted by Gasteiger charge is 2.43. The van der Waals surface area contributed by atoms with Gasteiger partial charge in [0.05, 0.1) is 12.1 Å². The lowest BCUT2D eigenvalue weighted by Gasteiger charge is -2.10. The Balaban J connectivity index is 1.39. The number of fused-ring (bicyclic) bond motifs is 1. The molecule has 2 atom stereocenters. The van der Waals surface area contributed by atoms with Crippen LogP contribution in [0, 0.1) is 6.92 Å². The third-order valence-corrected chi connectivity index (χ3v) is 5.56. The SMILES string of the molecule is CC(=O)NCc1ccc2ncc(C(=O)Nc3cc(-c4noc([C@H]5C[C@@H]5F)n4)ccc3C)n2c1. The smallest absolute Gasteiger partial charge is 0.274 e. The topological polar surface area (TPSA) is 114 Å². The van der Waals surface area contributed by atoms with Crippen LogP contribution in [0.25, 0.3) is 17.0 Å². The lowest BCUT2D eigenvalue weighted by Crippen LogP contribution is -2.19. The predicted octanol–water partition coefficient (Wildman–Crippen LogP) is 3.41. The Labute approximate surface area is 188 Å². The van der Waals surface area contributed by atoms with E-state index in [1.54, 1.807) is 22.7 Å². The molecule has 10 heteroatoms. The molecule has 3 aromatic heterocycles. The number of carbonyl (C=O) groups is 2. The number of nitrogens with one attached hydrogen (secondary N) is 2. The second-order valence-corrected chi connectivity index (χ2v) is 8.12. The summed E-state index contributed by atoms with van der Waals surface area (Å²) in [5, 5.41) is 9.61. The molecule has 0 aliphatic heterocycles. The highest BCUT2D eigenvalue weighted by Crippen LogP contribution is 2.43. The van der Waals surface area contributed by atoms with E-state index in [4.69, 9.17) is 4.52 Å². The first kappa shape index (κ1) is 20.8. The van der Waals surface area contributed by atoms with Gasteiger partial charge in [-0.05, 0) is 36.6 Å². The number of benzene rings is 1. The minimum atomic E-state index is -0.921. The second kappa shape index (κ2) is 8.12. The van der Waals surface area contributed by atoms with Crippen LogP contribution in [-0.4, -0.2) is 37.5 Å². The molecule has 0 saturated heterocycles. The molecule has 168 valence electrons. The van der Waals surface area contributed by atoms with E-state index < -0.39 is 6.17 Å². The van der Waals surface area contributed by atoms with E-state index in [0.717, 1.165) is 11.1 Å². The quantitative estimate of drug-likeness (QED) is 0.467. The molecule has 1 aliphatic rings. The summed E-state index contributed by atoms with van der Waals surface area (Å²) in [6.45, 7) is 3.67. The normalized spacial score (nSPS) is 17.2. The molecule has 1 aromatic carbocycles. The van der Waals surface area contributed by atoms with E-state index in [1.165, 1.54) is 13.1 Å². The fourth-order valence-corrected chi connectivity index (χ4v) is 3.53. The third-order valence-electron chi connectivity index (χ3n) is 5.56. The first-order chi connectivity index (χ1) is 15.9. The lowest BCUT2D eigenvalue weighted by molar-refractivity contribution is -0.119. The number of aromatic nitrogens is 4. The Morgan fingerprint density at radius 2 is 2.09 bits per heavy atom. The van der Waals surface area contributed by atoms with Crippen molar-refractivity contribution in [2.75, 3.05) is 5.32 Å². The molecule has 0 unspecified atom stereocenters. The molecule has 0 spiro atoms. The molecular weight excluding hydrogens is 427 g/mol. The summed E-state index contributed by atoms with van der Waals surface area (Å²) < 4.78 is 20.2. The first-order valence-electron chi connectivity index (χ1n) is 10.5. The summed E-state index contributed by atoms with van der Waals surface area (Å²) in [6.07, 6.45) is 2.76. The van der Waals surface area contributed by atoms with E-state index in [2.05, 4.69) is 25.8 Å².